The van der Waals surface area contributed by atoms with Gasteiger partial charge in [-0.2, -0.15) is 0 Å². The van der Waals surface area contributed by atoms with Crippen LogP contribution < -0.4 is 0 Å². The predicted octanol–water partition coefficient (Wildman–Crippen LogP) is 1.02. The van der Waals surface area contributed by atoms with Crippen molar-refractivity contribution in [3.8, 4) is 0 Å². The van der Waals surface area contributed by atoms with Gasteiger partial charge >= 0.3 is 0 Å². The fourth-order valence-electron chi connectivity index (χ4n) is 2.22. The SMILES string of the molecule is CSC(=N)c1cc[c]cc1[C@]1(SS)OC[C@@H](O)[C@H](O)[C@H]1O. The van der Waals surface area contributed by atoms with Crippen molar-refractivity contribution >= 4 is 39.3 Å². The van der Waals surface area contributed by atoms with Crippen LogP contribution in [0.3, 0.4) is 0 Å². The maximum Gasteiger partial charge on any atom is 0.177 e. The normalized spacial score (nSPS) is 32.9. The van der Waals surface area contributed by atoms with Gasteiger partial charge in [0, 0.05) is 11.1 Å². The number of aliphatic hydroxyl groups is 3. The second-order valence-corrected chi connectivity index (χ2v) is 6.73. The molecule has 1 aromatic rings. The van der Waals surface area contributed by atoms with E-state index in [0.717, 1.165) is 10.8 Å². The molecule has 4 N–H and O–H groups in total. The molecule has 5 nitrogen and oxygen atoms in total. The molecule has 8 heteroatoms. The Hall–Kier alpha value is -0.220. The molecule has 0 spiro atoms. The second kappa shape index (κ2) is 6.91. The van der Waals surface area contributed by atoms with Crippen LogP contribution in [0.2, 0.25) is 0 Å². The van der Waals surface area contributed by atoms with Crippen molar-refractivity contribution in [3.05, 3.63) is 35.4 Å². The monoisotopic (exact) mass is 346 g/mol. The fourth-order valence-corrected chi connectivity index (χ4v) is 4.03. The van der Waals surface area contributed by atoms with Crippen LogP contribution in [0.4, 0.5) is 0 Å². The summed E-state index contributed by atoms with van der Waals surface area (Å²) in [5.74, 6) is 0. The van der Waals surface area contributed by atoms with E-state index in [1.165, 1.54) is 11.8 Å². The Morgan fingerprint density at radius 1 is 1.52 bits per heavy atom. The minimum absolute atomic E-state index is 0.132. The molecular formula is C13H16NO4S3. The Kier molecular flexibility index (Phi) is 5.64. The summed E-state index contributed by atoms with van der Waals surface area (Å²) >= 11 is 5.44. The van der Waals surface area contributed by atoms with Gasteiger partial charge < -0.3 is 20.1 Å². The number of rotatable bonds is 3. The molecule has 0 amide bonds. The molecular weight excluding hydrogens is 330 g/mol. The van der Waals surface area contributed by atoms with Gasteiger partial charge in [0.05, 0.1) is 11.7 Å². The Labute approximate surface area is 136 Å². The van der Waals surface area contributed by atoms with Gasteiger partial charge in [0.15, 0.2) is 4.93 Å². The minimum Gasteiger partial charge on any atom is -0.388 e. The third kappa shape index (κ3) is 2.98. The number of hydrogen-bond acceptors (Lipinski definition) is 8. The minimum atomic E-state index is -1.38. The van der Waals surface area contributed by atoms with E-state index < -0.39 is 23.2 Å². The van der Waals surface area contributed by atoms with Crippen LogP contribution in [-0.4, -0.2) is 51.5 Å². The largest absolute Gasteiger partial charge is 0.388 e. The van der Waals surface area contributed by atoms with Gasteiger partial charge in [-0.1, -0.05) is 22.9 Å². The summed E-state index contributed by atoms with van der Waals surface area (Å²) in [6, 6.07) is 7.87. The van der Waals surface area contributed by atoms with Gasteiger partial charge in [-0.05, 0) is 18.4 Å². The number of thioether (sulfide) groups is 1. The zero-order chi connectivity index (χ0) is 15.6. The first-order valence-electron chi connectivity index (χ1n) is 6.12. The van der Waals surface area contributed by atoms with Gasteiger partial charge in [-0.15, -0.1) is 23.4 Å². The van der Waals surface area contributed by atoms with Crippen molar-refractivity contribution < 1.29 is 20.1 Å². The number of ether oxygens (including phenoxy) is 1. The van der Waals surface area contributed by atoms with Gasteiger partial charge in [0.25, 0.3) is 0 Å². The molecule has 1 aliphatic heterocycles. The molecule has 2 rings (SSSR count). The van der Waals surface area contributed by atoms with E-state index in [-0.39, 0.29) is 6.61 Å². The first-order valence-corrected chi connectivity index (χ1v) is 9.21. The zero-order valence-corrected chi connectivity index (χ0v) is 13.7. The highest BCUT2D eigenvalue weighted by atomic mass is 33.1. The molecule has 4 atom stereocenters. The highest BCUT2D eigenvalue weighted by Crippen LogP contribution is 2.48. The van der Waals surface area contributed by atoms with E-state index in [4.69, 9.17) is 10.1 Å². The third-order valence-corrected chi connectivity index (χ3v) is 5.69. The molecule has 1 aromatic carbocycles. The molecule has 1 saturated heterocycles. The molecule has 0 unspecified atom stereocenters. The van der Waals surface area contributed by atoms with E-state index in [1.54, 1.807) is 24.5 Å². The van der Waals surface area contributed by atoms with Crippen LogP contribution in [0.15, 0.2) is 18.2 Å². The number of nitrogens with one attached hydrogen (secondary N) is 1. The summed E-state index contributed by atoms with van der Waals surface area (Å²) < 4.78 is 5.63. The maximum absolute atomic E-state index is 10.4. The Morgan fingerprint density at radius 2 is 2.24 bits per heavy atom. The van der Waals surface area contributed by atoms with Gasteiger partial charge in [-0.3, -0.25) is 5.41 Å². The number of hydrogen-bond donors (Lipinski definition) is 5. The lowest BCUT2D eigenvalue weighted by molar-refractivity contribution is -0.204. The molecule has 1 fully saturated rings. The maximum atomic E-state index is 10.4. The average molecular weight is 346 g/mol. The lowest BCUT2D eigenvalue weighted by Gasteiger charge is -2.44. The summed E-state index contributed by atoms with van der Waals surface area (Å²) in [4.78, 5) is -1.36. The third-order valence-electron chi connectivity index (χ3n) is 3.40. The standard InChI is InChI=1S/C13H16NO4S3/c1-20-12(14)7-4-2-3-5-8(7)13(21-19)11(17)10(16)9(15)6-18-13/h2,4-5,9-11,14-17,19H,6H2,1H3/t9-,10+,11-,13-/m1/s1. The van der Waals surface area contributed by atoms with Crippen LogP contribution in [0, 0.1) is 11.5 Å². The van der Waals surface area contributed by atoms with Crippen molar-refractivity contribution in [2.75, 3.05) is 12.9 Å². The number of thiol groups is 1. The first-order chi connectivity index (χ1) is 9.97. The highest BCUT2D eigenvalue weighted by molar-refractivity contribution is 8.68. The zero-order valence-electron chi connectivity index (χ0n) is 11.2. The van der Waals surface area contributed by atoms with Crippen molar-refractivity contribution in [3.63, 3.8) is 0 Å². The molecule has 1 heterocycles. The first kappa shape index (κ1) is 17.1. The van der Waals surface area contributed by atoms with Crippen molar-refractivity contribution in [1.29, 1.82) is 5.41 Å². The van der Waals surface area contributed by atoms with Crippen LogP contribution in [0.25, 0.3) is 0 Å². The highest BCUT2D eigenvalue weighted by Gasteiger charge is 2.51. The van der Waals surface area contributed by atoms with Crippen LogP contribution >= 0.6 is 34.2 Å². The lowest BCUT2D eigenvalue weighted by atomic mass is 9.91. The van der Waals surface area contributed by atoms with E-state index in [2.05, 4.69) is 17.7 Å². The number of aliphatic hydroxyl groups excluding tert-OH is 3. The average Bonchev–Trinajstić information content (AvgIpc) is 2.53. The summed E-state index contributed by atoms with van der Waals surface area (Å²) in [5.41, 5.74) is 1.08. The molecule has 0 aromatic heterocycles. The smallest absolute Gasteiger partial charge is 0.177 e. The summed E-state index contributed by atoms with van der Waals surface area (Å²) in [6.45, 7) is -0.132. The summed E-state index contributed by atoms with van der Waals surface area (Å²) in [7, 11) is 0.927. The van der Waals surface area contributed by atoms with Crippen LogP contribution in [-0.2, 0) is 9.67 Å². The molecule has 0 saturated carbocycles. The lowest BCUT2D eigenvalue weighted by Crippen LogP contribution is -2.57. The van der Waals surface area contributed by atoms with Gasteiger partial charge in [-0.25, -0.2) is 0 Å². The quantitative estimate of drug-likeness (QED) is 0.243. The van der Waals surface area contributed by atoms with Crippen LogP contribution in [0.1, 0.15) is 11.1 Å². The van der Waals surface area contributed by atoms with E-state index in [0.29, 0.717) is 16.2 Å². The second-order valence-electron chi connectivity index (χ2n) is 4.58. The van der Waals surface area contributed by atoms with Gasteiger partial charge in [0.2, 0.25) is 0 Å². The molecule has 1 radical (unpaired) electrons. The van der Waals surface area contributed by atoms with E-state index in [9.17, 15) is 15.3 Å². The Bertz CT molecular complexity index is 530. The van der Waals surface area contributed by atoms with Gasteiger partial charge in [0.1, 0.15) is 18.3 Å². The molecule has 0 bridgehead atoms. The van der Waals surface area contributed by atoms with Crippen LogP contribution in [0.5, 0.6) is 0 Å². The topological polar surface area (TPSA) is 93.8 Å². The summed E-state index contributed by atoms with van der Waals surface area (Å²) in [5, 5.41) is 38.3. The fraction of sp³-hybridized carbons (Fsp3) is 0.462. The molecule has 0 aliphatic carbocycles. The van der Waals surface area contributed by atoms with Crippen molar-refractivity contribution in [2.45, 2.75) is 23.2 Å². The molecule has 1 aliphatic rings. The number of benzene rings is 1. The Morgan fingerprint density at radius 3 is 2.86 bits per heavy atom. The molecule has 21 heavy (non-hydrogen) atoms. The van der Waals surface area contributed by atoms with Crippen molar-refractivity contribution in [1.82, 2.24) is 0 Å². The van der Waals surface area contributed by atoms with Crippen molar-refractivity contribution in [2.24, 2.45) is 0 Å². The summed E-state index contributed by atoms with van der Waals surface area (Å²) in [6.07, 6.45) is -2.12. The Balaban J connectivity index is 2.54. The van der Waals surface area contributed by atoms with E-state index in [1.807, 2.05) is 0 Å². The predicted molar refractivity (Wildman–Crippen MR) is 87.8 cm³/mol. The van der Waals surface area contributed by atoms with E-state index >= 15 is 0 Å². The molecule has 115 valence electrons.